The highest BCUT2D eigenvalue weighted by molar-refractivity contribution is 5.91. The van der Waals surface area contributed by atoms with Crippen molar-refractivity contribution in [2.24, 2.45) is 0 Å². The fraction of sp³-hybridized carbons (Fsp3) is 0.364. The molecule has 0 radical (unpaired) electrons. The van der Waals surface area contributed by atoms with Crippen LogP contribution < -0.4 is 9.47 Å². The fourth-order valence-electron chi connectivity index (χ4n) is 4.11. The van der Waals surface area contributed by atoms with Gasteiger partial charge >= 0.3 is 5.97 Å². The van der Waals surface area contributed by atoms with Gasteiger partial charge in [0.05, 0.1) is 12.2 Å². The molecule has 0 saturated carbocycles. The second kappa shape index (κ2) is 16.4. The lowest BCUT2D eigenvalue weighted by Crippen LogP contribution is -2.12. The van der Waals surface area contributed by atoms with Crippen molar-refractivity contribution in [3.8, 4) is 23.3 Å². The van der Waals surface area contributed by atoms with Crippen LogP contribution in [0.15, 0.2) is 48.5 Å². The average molecular weight is 573 g/mol. The minimum Gasteiger partial charge on any atom is -0.494 e. The predicted octanol–water partition coefficient (Wildman–Crippen LogP) is 9.30. The number of halogens is 5. The maximum Gasteiger partial charge on any atom is 0.343 e. The van der Waals surface area contributed by atoms with Gasteiger partial charge < -0.3 is 9.47 Å². The second-order valence-electron chi connectivity index (χ2n) is 9.72. The largest absolute Gasteiger partial charge is 0.494 e. The van der Waals surface area contributed by atoms with Crippen LogP contribution in [0.1, 0.15) is 92.6 Å². The number of ether oxygens (including phenoxy) is 2. The first kappa shape index (κ1) is 31.7. The third-order valence-corrected chi connectivity index (χ3v) is 6.38. The standard InChI is InChI=1S/C33H33F5O3/c1-2-3-4-5-6-7-8-9-10-11-18-40-26-16-14-23(15-17-26)12-13-24-19-29(36)32(30(37)20-24)41-33(39)25-21-27(34)31(38)28(35)22-25/h14-17,19-22H,2-11,18H2,1H3. The van der Waals surface area contributed by atoms with Crippen molar-refractivity contribution in [3.05, 3.63) is 94.3 Å². The van der Waals surface area contributed by atoms with E-state index in [9.17, 15) is 26.7 Å². The molecule has 0 aliphatic rings. The first-order valence-corrected chi connectivity index (χ1v) is 13.9. The van der Waals surface area contributed by atoms with Crippen molar-refractivity contribution in [2.45, 2.75) is 71.1 Å². The summed E-state index contributed by atoms with van der Waals surface area (Å²) in [5.74, 6) is -3.97. The quantitative estimate of drug-likeness (QED) is 0.0482. The number of carbonyl (C=O) groups is 1. The van der Waals surface area contributed by atoms with E-state index in [1.54, 1.807) is 24.3 Å². The number of rotatable bonds is 14. The summed E-state index contributed by atoms with van der Waals surface area (Å²) in [6, 6.07) is 9.43. The maximum atomic E-state index is 14.5. The van der Waals surface area contributed by atoms with Gasteiger partial charge in [0, 0.05) is 11.1 Å². The molecule has 0 bridgehead atoms. The van der Waals surface area contributed by atoms with Crippen molar-refractivity contribution >= 4 is 5.97 Å². The summed E-state index contributed by atoms with van der Waals surface area (Å²) in [4.78, 5) is 12.1. The molecule has 3 rings (SSSR count). The number of hydrogen-bond donors (Lipinski definition) is 0. The van der Waals surface area contributed by atoms with E-state index >= 15 is 0 Å². The molecule has 0 aromatic heterocycles. The van der Waals surface area contributed by atoms with Gasteiger partial charge in [0.25, 0.3) is 0 Å². The van der Waals surface area contributed by atoms with Crippen molar-refractivity contribution in [1.29, 1.82) is 0 Å². The Morgan fingerprint density at radius 2 is 1.17 bits per heavy atom. The van der Waals surface area contributed by atoms with E-state index in [4.69, 9.17) is 4.74 Å². The highest BCUT2D eigenvalue weighted by Gasteiger charge is 2.20. The predicted molar refractivity (Wildman–Crippen MR) is 147 cm³/mol. The van der Waals surface area contributed by atoms with Gasteiger partial charge in [-0.25, -0.2) is 26.7 Å². The molecule has 0 atom stereocenters. The van der Waals surface area contributed by atoms with Crippen LogP contribution in [0, 0.1) is 40.9 Å². The molecule has 0 spiro atoms. The summed E-state index contributed by atoms with van der Waals surface area (Å²) in [5, 5.41) is 0. The Labute approximate surface area is 237 Å². The van der Waals surface area contributed by atoms with Gasteiger partial charge in [-0.2, -0.15) is 0 Å². The molecule has 8 heteroatoms. The van der Waals surface area contributed by atoms with Crippen LogP contribution in [0.4, 0.5) is 22.0 Å². The van der Waals surface area contributed by atoms with E-state index in [1.807, 2.05) is 0 Å². The third kappa shape index (κ3) is 10.2. The third-order valence-electron chi connectivity index (χ3n) is 6.38. The van der Waals surface area contributed by atoms with E-state index < -0.39 is 46.4 Å². The van der Waals surface area contributed by atoms with Crippen molar-refractivity contribution < 1.29 is 36.2 Å². The molecular weight excluding hydrogens is 539 g/mol. The lowest BCUT2D eigenvalue weighted by atomic mass is 10.1. The van der Waals surface area contributed by atoms with Crippen LogP contribution in [0.5, 0.6) is 11.5 Å². The molecule has 0 heterocycles. The van der Waals surface area contributed by atoms with Gasteiger partial charge in [0.2, 0.25) is 5.75 Å². The van der Waals surface area contributed by atoms with Crippen LogP contribution in [-0.4, -0.2) is 12.6 Å². The zero-order valence-corrected chi connectivity index (χ0v) is 23.0. The number of benzene rings is 3. The molecule has 0 aliphatic carbocycles. The first-order valence-electron chi connectivity index (χ1n) is 13.9. The monoisotopic (exact) mass is 572 g/mol. The summed E-state index contributed by atoms with van der Waals surface area (Å²) in [7, 11) is 0. The van der Waals surface area contributed by atoms with Crippen LogP contribution in [0.3, 0.4) is 0 Å². The van der Waals surface area contributed by atoms with Gasteiger partial charge in [-0.3, -0.25) is 0 Å². The highest BCUT2D eigenvalue weighted by Crippen LogP contribution is 2.25. The molecule has 0 saturated heterocycles. The van der Waals surface area contributed by atoms with Crippen LogP contribution in [0.2, 0.25) is 0 Å². The lowest BCUT2D eigenvalue weighted by molar-refractivity contribution is 0.0718. The van der Waals surface area contributed by atoms with Crippen molar-refractivity contribution in [1.82, 2.24) is 0 Å². The molecule has 0 N–H and O–H groups in total. The van der Waals surface area contributed by atoms with Gasteiger partial charge in [-0.15, -0.1) is 0 Å². The van der Waals surface area contributed by atoms with Crippen molar-refractivity contribution in [2.75, 3.05) is 6.61 Å². The lowest BCUT2D eigenvalue weighted by Gasteiger charge is -2.08. The Hall–Kier alpha value is -3.86. The van der Waals surface area contributed by atoms with Gasteiger partial charge in [-0.1, -0.05) is 76.6 Å². The Kier molecular flexibility index (Phi) is 12.7. The first-order chi connectivity index (χ1) is 19.8. The molecular formula is C33H33F5O3. The van der Waals surface area contributed by atoms with Crippen LogP contribution in [0.25, 0.3) is 0 Å². The Bertz CT molecular complexity index is 1310. The molecule has 3 nitrogen and oxygen atoms in total. The Balaban J connectivity index is 1.46. The summed E-state index contributed by atoms with van der Waals surface area (Å²) in [6.45, 7) is 2.85. The van der Waals surface area contributed by atoms with Gasteiger partial charge in [0.1, 0.15) is 5.75 Å². The minimum absolute atomic E-state index is 0.0278. The molecule has 0 fully saturated rings. The molecule has 3 aromatic rings. The van der Waals surface area contributed by atoms with E-state index in [2.05, 4.69) is 23.5 Å². The zero-order valence-electron chi connectivity index (χ0n) is 23.0. The molecule has 0 unspecified atom stereocenters. The number of esters is 1. The van der Waals surface area contributed by atoms with E-state index in [1.165, 1.54) is 51.4 Å². The maximum absolute atomic E-state index is 14.5. The normalized spacial score (nSPS) is 10.7. The van der Waals surface area contributed by atoms with Crippen LogP contribution >= 0.6 is 0 Å². The topological polar surface area (TPSA) is 35.5 Å². The van der Waals surface area contributed by atoms with Crippen LogP contribution in [-0.2, 0) is 0 Å². The smallest absolute Gasteiger partial charge is 0.343 e. The van der Waals surface area contributed by atoms with E-state index in [0.717, 1.165) is 25.0 Å². The highest BCUT2D eigenvalue weighted by atomic mass is 19.2. The Morgan fingerprint density at radius 1 is 0.659 bits per heavy atom. The summed E-state index contributed by atoms with van der Waals surface area (Å²) < 4.78 is 79.1. The van der Waals surface area contributed by atoms with Gasteiger partial charge in [-0.05, 0) is 55.0 Å². The zero-order chi connectivity index (χ0) is 29.6. The van der Waals surface area contributed by atoms with E-state index in [0.29, 0.717) is 30.1 Å². The molecule has 0 amide bonds. The molecule has 41 heavy (non-hydrogen) atoms. The summed E-state index contributed by atoms with van der Waals surface area (Å²) >= 11 is 0. The average Bonchev–Trinajstić information content (AvgIpc) is 2.95. The van der Waals surface area contributed by atoms with Gasteiger partial charge in [0.15, 0.2) is 29.1 Å². The Morgan fingerprint density at radius 3 is 1.73 bits per heavy atom. The van der Waals surface area contributed by atoms with Crippen molar-refractivity contribution in [3.63, 3.8) is 0 Å². The SMILES string of the molecule is CCCCCCCCCCCCOc1ccc(C#Cc2cc(F)c(OC(=O)c3cc(F)c(F)c(F)c3)c(F)c2)cc1. The minimum atomic E-state index is -1.78. The molecule has 218 valence electrons. The number of carbonyl (C=O) groups excluding carboxylic acids is 1. The summed E-state index contributed by atoms with van der Waals surface area (Å²) in [6.07, 6.45) is 12.5. The molecule has 0 aliphatic heterocycles. The second-order valence-corrected chi connectivity index (χ2v) is 9.72. The molecule has 3 aromatic carbocycles. The number of hydrogen-bond acceptors (Lipinski definition) is 3. The van der Waals surface area contributed by atoms with E-state index in [-0.39, 0.29) is 5.56 Å². The fourth-order valence-corrected chi connectivity index (χ4v) is 4.11. The summed E-state index contributed by atoms with van der Waals surface area (Å²) in [5.41, 5.74) is -0.187. The number of unbranched alkanes of at least 4 members (excludes halogenated alkanes) is 9.